The molecule has 2 aliphatic rings. The molecule has 0 atom stereocenters. The van der Waals surface area contributed by atoms with Crippen molar-refractivity contribution < 1.29 is 19.1 Å². The van der Waals surface area contributed by atoms with Gasteiger partial charge in [0.2, 0.25) is 0 Å². The number of piperazine rings is 1. The smallest absolute Gasteiger partial charge is 0.410 e. The van der Waals surface area contributed by atoms with E-state index in [1.165, 1.54) is 4.90 Å². The van der Waals surface area contributed by atoms with Crippen molar-refractivity contribution in [3.05, 3.63) is 29.3 Å². The number of benzene rings is 1. The lowest BCUT2D eigenvalue weighted by Gasteiger charge is -2.37. The Morgan fingerprint density at radius 3 is 2.38 bits per heavy atom. The molecule has 1 saturated heterocycles. The molecular weight excluding hydrogens is 334 g/mol. The first-order chi connectivity index (χ1) is 12.2. The van der Waals surface area contributed by atoms with Crippen LogP contribution in [0.3, 0.4) is 0 Å². The number of ether oxygens (including phenoxy) is 1. The Labute approximate surface area is 153 Å². The minimum atomic E-state index is -0.515. The van der Waals surface area contributed by atoms with E-state index in [0.29, 0.717) is 44.1 Å². The van der Waals surface area contributed by atoms with E-state index >= 15 is 0 Å². The van der Waals surface area contributed by atoms with Gasteiger partial charge in [-0.05, 0) is 39.8 Å². The van der Waals surface area contributed by atoms with Gasteiger partial charge in [0.15, 0.2) is 0 Å². The summed E-state index contributed by atoms with van der Waals surface area (Å²) in [5.74, 6) is -0.934. The number of rotatable bonds is 2. The van der Waals surface area contributed by atoms with Gasteiger partial charge in [0, 0.05) is 26.2 Å². The molecule has 0 N–H and O–H groups in total. The Morgan fingerprint density at radius 2 is 1.77 bits per heavy atom. The monoisotopic (exact) mass is 359 g/mol. The van der Waals surface area contributed by atoms with Crippen molar-refractivity contribution in [1.82, 2.24) is 9.80 Å². The molecule has 0 radical (unpaired) electrons. The summed E-state index contributed by atoms with van der Waals surface area (Å²) in [6, 6.07) is 5.48. The van der Waals surface area contributed by atoms with E-state index in [1.54, 1.807) is 11.0 Å². The van der Waals surface area contributed by atoms with Crippen LogP contribution in [-0.2, 0) is 9.53 Å². The SMILES string of the molecule is Cc1ccc2c(c1)C(=O)C(=O)N2CN1CCN(C(=O)OC(C)(C)C)CC1. The molecule has 0 unspecified atom stereocenters. The number of carbonyl (C=O) groups excluding carboxylic acids is 3. The summed E-state index contributed by atoms with van der Waals surface area (Å²) in [4.78, 5) is 41.9. The van der Waals surface area contributed by atoms with Gasteiger partial charge in [-0.25, -0.2) is 4.79 Å². The zero-order chi connectivity index (χ0) is 19.1. The van der Waals surface area contributed by atoms with E-state index in [-0.39, 0.29) is 6.09 Å². The van der Waals surface area contributed by atoms with Crippen molar-refractivity contribution in [1.29, 1.82) is 0 Å². The average molecular weight is 359 g/mol. The molecule has 0 aliphatic carbocycles. The van der Waals surface area contributed by atoms with Crippen LogP contribution in [0.1, 0.15) is 36.7 Å². The second-order valence-corrected chi connectivity index (χ2v) is 7.81. The standard InChI is InChI=1S/C19H25N3O4/c1-13-5-6-15-14(11-13)16(23)17(24)22(15)12-20-7-9-21(10-8-20)18(25)26-19(2,3)4/h5-6,11H,7-10,12H2,1-4H3. The lowest BCUT2D eigenvalue weighted by atomic mass is 10.1. The number of amides is 2. The Bertz CT molecular complexity index is 746. The van der Waals surface area contributed by atoms with Crippen molar-refractivity contribution in [2.75, 3.05) is 37.7 Å². The Hall–Kier alpha value is -2.41. The van der Waals surface area contributed by atoms with E-state index < -0.39 is 17.3 Å². The summed E-state index contributed by atoms with van der Waals surface area (Å²) in [6.45, 7) is 10.1. The van der Waals surface area contributed by atoms with Gasteiger partial charge < -0.3 is 9.64 Å². The van der Waals surface area contributed by atoms with Gasteiger partial charge in [-0.1, -0.05) is 11.6 Å². The molecule has 3 rings (SSSR count). The fraction of sp³-hybridized carbons (Fsp3) is 0.526. The highest BCUT2D eigenvalue weighted by Crippen LogP contribution is 2.30. The first-order valence-electron chi connectivity index (χ1n) is 8.83. The Morgan fingerprint density at radius 1 is 1.12 bits per heavy atom. The van der Waals surface area contributed by atoms with Crippen LogP contribution in [0.25, 0.3) is 0 Å². The molecule has 1 fully saturated rings. The number of carbonyl (C=O) groups is 3. The highest BCUT2D eigenvalue weighted by Gasteiger charge is 2.37. The molecule has 2 amide bonds. The number of anilines is 1. The molecule has 0 bridgehead atoms. The van der Waals surface area contributed by atoms with Crippen molar-refractivity contribution in [2.24, 2.45) is 0 Å². The number of nitrogens with zero attached hydrogens (tertiary/aromatic N) is 3. The van der Waals surface area contributed by atoms with E-state index in [4.69, 9.17) is 4.74 Å². The first-order valence-corrected chi connectivity index (χ1v) is 8.83. The molecule has 7 heteroatoms. The van der Waals surface area contributed by atoms with Crippen LogP contribution in [0.4, 0.5) is 10.5 Å². The van der Waals surface area contributed by atoms with Crippen LogP contribution in [-0.4, -0.2) is 66.0 Å². The number of hydrogen-bond donors (Lipinski definition) is 0. The van der Waals surface area contributed by atoms with Crippen LogP contribution in [0, 0.1) is 6.92 Å². The molecule has 0 spiro atoms. The number of ketones is 1. The van der Waals surface area contributed by atoms with Crippen molar-refractivity contribution in [3.63, 3.8) is 0 Å². The molecule has 2 heterocycles. The van der Waals surface area contributed by atoms with Crippen LogP contribution in [0.2, 0.25) is 0 Å². The molecule has 0 saturated carbocycles. The normalized spacial score (nSPS) is 18.3. The van der Waals surface area contributed by atoms with Crippen LogP contribution in [0.5, 0.6) is 0 Å². The second-order valence-electron chi connectivity index (χ2n) is 7.81. The lowest BCUT2D eigenvalue weighted by Crippen LogP contribution is -2.53. The van der Waals surface area contributed by atoms with Crippen molar-refractivity contribution >= 4 is 23.5 Å². The molecule has 2 aliphatic heterocycles. The van der Waals surface area contributed by atoms with E-state index in [9.17, 15) is 14.4 Å². The summed E-state index contributed by atoms with van der Waals surface area (Å²) < 4.78 is 5.39. The summed E-state index contributed by atoms with van der Waals surface area (Å²) in [5, 5.41) is 0. The molecule has 7 nitrogen and oxygen atoms in total. The Balaban J connectivity index is 1.61. The molecule has 0 aromatic heterocycles. The molecule has 26 heavy (non-hydrogen) atoms. The van der Waals surface area contributed by atoms with Gasteiger partial charge in [-0.15, -0.1) is 0 Å². The maximum Gasteiger partial charge on any atom is 0.410 e. The summed E-state index contributed by atoms with van der Waals surface area (Å²) in [5.41, 5.74) is 1.58. The third-order valence-corrected chi connectivity index (χ3v) is 4.49. The van der Waals surface area contributed by atoms with Gasteiger partial charge >= 0.3 is 12.0 Å². The first kappa shape index (κ1) is 18.4. The topological polar surface area (TPSA) is 70.2 Å². The van der Waals surface area contributed by atoms with Crippen LogP contribution >= 0.6 is 0 Å². The Kier molecular flexibility index (Phi) is 4.75. The highest BCUT2D eigenvalue weighted by atomic mass is 16.6. The fourth-order valence-electron chi connectivity index (χ4n) is 3.15. The number of fused-ring (bicyclic) bond motifs is 1. The van der Waals surface area contributed by atoms with Crippen LogP contribution < -0.4 is 4.90 Å². The zero-order valence-corrected chi connectivity index (χ0v) is 15.7. The van der Waals surface area contributed by atoms with Crippen LogP contribution in [0.15, 0.2) is 18.2 Å². The molecular formula is C19H25N3O4. The highest BCUT2D eigenvalue weighted by molar-refractivity contribution is 6.52. The van der Waals surface area contributed by atoms with Gasteiger partial charge in [0.1, 0.15) is 5.60 Å². The minimum Gasteiger partial charge on any atom is -0.444 e. The summed E-state index contributed by atoms with van der Waals surface area (Å²) in [7, 11) is 0. The third-order valence-electron chi connectivity index (χ3n) is 4.49. The maximum atomic E-state index is 12.3. The zero-order valence-electron chi connectivity index (χ0n) is 15.7. The van der Waals surface area contributed by atoms with E-state index in [0.717, 1.165) is 5.56 Å². The predicted octanol–water partition coefficient (Wildman–Crippen LogP) is 2.03. The maximum absolute atomic E-state index is 12.3. The number of hydrogen-bond acceptors (Lipinski definition) is 5. The second kappa shape index (κ2) is 6.72. The summed E-state index contributed by atoms with van der Waals surface area (Å²) in [6.07, 6.45) is -0.314. The summed E-state index contributed by atoms with van der Waals surface area (Å²) >= 11 is 0. The quantitative estimate of drug-likeness (QED) is 0.756. The third kappa shape index (κ3) is 3.72. The van der Waals surface area contributed by atoms with Gasteiger partial charge in [0.25, 0.3) is 5.78 Å². The predicted molar refractivity (Wildman–Crippen MR) is 97.2 cm³/mol. The van der Waals surface area contributed by atoms with E-state index in [2.05, 4.69) is 4.90 Å². The van der Waals surface area contributed by atoms with Crippen molar-refractivity contribution in [2.45, 2.75) is 33.3 Å². The molecule has 1 aromatic carbocycles. The lowest BCUT2D eigenvalue weighted by molar-refractivity contribution is -0.114. The average Bonchev–Trinajstić information content (AvgIpc) is 2.79. The van der Waals surface area contributed by atoms with E-state index in [1.807, 2.05) is 39.8 Å². The van der Waals surface area contributed by atoms with Gasteiger partial charge in [-0.2, -0.15) is 0 Å². The van der Waals surface area contributed by atoms with Crippen molar-refractivity contribution in [3.8, 4) is 0 Å². The molecule has 1 aromatic rings. The number of aryl methyl sites for hydroxylation is 1. The largest absolute Gasteiger partial charge is 0.444 e. The number of Topliss-reactive ketones (excluding diaryl/α,β-unsaturated/α-hetero) is 1. The fourth-order valence-corrected chi connectivity index (χ4v) is 3.15. The molecule has 140 valence electrons. The van der Waals surface area contributed by atoms with Gasteiger partial charge in [-0.3, -0.25) is 19.4 Å². The minimum absolute atomic E-state index is 0.314. The van der Waals surface area contributed by atoms with Gasteiger partial charge in [0.05, 0.1) is 17.9 Å².